The molecule has 4 nitrogen and oxygen atoms in total. The van der Waals surface area contributed by atoms with Crippen LogP contribution in [0.15, 0.2) is 18.5 Å². The number of pyridine rings is 1. The molecule has 1 aliphatic rings. The molecule has 102 valence electrons. The van der Waals surface area contributed by atoms with Crippen molar-refractivity contribution in [3.05, 3.63) is 24.0 Å². The van der Waals surface area contributed by atoms with Crippen LogP contribution in [0, 0.1) is 11.8 Å². The largest absolute Gasteiger partial charge is 0.492 e. The van der Waals surface area contributed by atoms with E-state index in [1.165, 1.54) is 12.8 Å². The van der Waals surface area contributed by atoms with Crippen LogP contribution in [-0.2, 0) is 4.74 Å². The van der Waals surface area contributed by atoms with Crippen molar-refractivity contribution in [2.24, 2.45) is 0 Å². The lowest BCUT2D eigenvalue weighted by molar-refractivity contribution is 0.0981. The molecule has 1 aromatic heterocycles. The van der Waals surface area contributed by atoms with Crippen LogP contribution < -0.4 is 4.74 Å². The number of aliphatic hydroxyl groups is 1. The third-order valence-electron chi connectivity index (χ3n) is 2.99. The average molecular weight is 261 g/mol. The highest BCUT2D eigenvalue weighted by Gasteiger charge is 2.14. The molecule has 1 aromatic rings. The van der Waals surface area contributed by atoms with E-state index in [4.69, 9.17) is 14.6 Å². The number of hydrogen-bond donors (Lipinski definition) is 1. The molecule has 0 saturated carbocycles. The second-order valence-electron chi connectivity index (χ2n) is 4.49. The Kier molecular flexibility index (Phi) is 5.67. The molecule has 0 aromatic carbocycles. The van der Waals surface area contributed by atoms with Crippen molar-refractivity contribution in [3.8, 4) is 17.6 Å². The molecule has 1 atom stereocenters. The third kappa shape index (κ3) is 4.90. The van der Waals surface area contributed by atoms with E-state index in [0.29, 0.717) is 12.7 Å². The van der Waals surface area contributed by atoms with Crippen LogP contribution in [-0.4, -0.2) is 36.0 Å². The molecule has 1 aliphatic heterocycles. The maximum Gasteiger partial charge on any atom is 0.138 e. The van der Waals surface area contributed by atoms with Crippen molar-refractivity contribution in [3.63, 3.8) is 0 Å². The first-order valence-electron chi connectivity index (χ1n) is 6.67. The van der Waals surface area contributed by atoms with Gasteiger partial charge in [-0.3, -0.25) is 4.98 Å². The van der Waals surface area contributed by atoms with Crippen LogP contribution in [0.2, 0.25) is 0 Å². The van der Waals surface area contributed by atoms with E-state index in [0.717, 1.165) is 30.8 Å². The van der Waals surface area contributed by atoms with Crippen LogP contribution in [0.3, 0.4) is 0 Å². The van der Waals surface area contributed by atoms with Gasteiger partial charge in [0.25, 0.3) is 0 Å². The molecule has 4 heteroatoms. The van der Waals surface area contributed by atoms with Gasteiger partial charge in [0.2, 0.25) is 0 Å². The summed E-state index contributed by atoms with van der Waals surface area (Å²) < 4.78 is 11.2. The Morgan fingerprint density at radius 1 is 1.47 bits per heavy atom. The molecule has 1 N–H and O–H groups in total. The fraction of sp³-hybridized carbons (Fsp3) is 0.533. The summed E-state index contributed by atoms with van der Waals surface area (Å²) in [6, 6.07) is 1.84. The zero-order chi connectivity index (χ0) is 13.3. The van der Waals surface area contributed by atoms with E-state index in [1.54, 1.807) is 12.4 Å². The fourth-order valence-electron chi connectivity index (χ4n) is 2.08. The highest BCUT2D eigenvalue weighted by Crippen LogP contribution is 2.17. The molecular weight excluding hydrogens is 242 g/mol. The quantitative estimate of drug-likeness (QED) is 0.648. The zero-order valence-electron chi connectivity index (χ0n) is 11.0. The standard InChI is InChI=1S/C15H19NO3/c17-7-1-4-13-10-15(12-16-11-13)19-9-3-6-14-5-2-8-18-14/h10-12,14,17H,2-3,5-9H2. The predicted molar refractivity (Wildman–Crippen MR) is 71.9 cm³/mol. The Balaban J connectivity index is 1.72. The lowest BCUT2D eigenvalue weighted by Crippen LogP contribution is -2.07. The highest BCUT2D eigenvalue weighted by atomic mass is 16.5. The van der Waals surface area contributed by atoms with E-state index in [1.807, 2.05) is 6.07 Å². The van der Waals surface area contributed by atoms with Gasteiger partial charge >= 0.3 is 0 Å². The first kappa shape index (κ1) is 13.9. The molecule has 0 aliphatic carbocycles. The van der Waals surface area contributed by atoms with E-state index < -0.39 is 0 Å². The number of nitrogens with zero attached hydrogens (tertiary/aromatic N) is 1. The summed E-state index contributed by atoms with van der Waals surface area (Å²) in [7, 11) is 0. The summed E-state index contributed by atoms with van der Waals surface area (Å²) in [4.78, 5) is 4.06. The minimum Gasteiger partial charge on any atom is -0.492 e. The third-order valence-corrected chi connectivity index (χ3v) is 2.99. The minimum absolute atomic E-state index is 0.146. The highest BCUT2D eigenvalue weighted by molar-refractivity contribution is 5.36. The number of rotatable bonds is 5. The lowest BCUT2D eigenvalue weighted by Gasteiger charge is -2.09. The van der Waals surface area contributed by atoms with Crippen LogP contribution in [0.1, 0.15) is 31.2 Å². The first-order chi connectivity index (χ1) is 9.38. The number of ether oxygens (including phenoxy) is 2. The monoisotopic (exact) mass is 261 g/mol. The molecule has 0 amide bonds. The van der Waals surface area contributed by atoms with Crippen molar-refractivity contribution in [1.29, 1.82) is 0 Å². The second-order valence-corrected chi connectivity index (χ2v) is 4.49. The lowest BCUT2D eigenvalue weighted by atomic mass is 10.1. The summed E-state index contributed by atoms with van der Waals surface area (Å²) in [6.07, 6.45) is 8.14. The number of aliphatic hydroxyl groups excluding tert-OH is 1. The second kappa shape index (κ2) is 7.78. The number of hydrogen-bond acceptors (Lipinski definition) is 4. The molecule has 1 unspecified atom stereocenters. The molecule has 2 rings (SSSR count). The van der Waals surface area contributed by atoms with Gasteiger partial charge in [-0.15, -0.1) is 0 Å². The molecule has 0 radical (unpaired) electrons. The SMILES string of the molecule is OCC#Cc1cncc(OCCCC2CCCO2)c1. The van der Waals surface area contributed by atoms with Crippen molar-refractivity contribution in [2.75, 3.05) is 19.8 Å². The summed E-state index contributed by atoms with van der Waals surface area (Å²) in [5, 5.41) is 8.64. The summed E-state index contributed by atoms with van der Waals surface area (Å²) >= 11 is 0. The van der Waals surface area contributed by atoms with Gasteiger partial charge in [0, 0.05) is 18.4 Å². The number of aromatic nitrogens is 1. The Labute approximate surface area is 113 Å². The smallest absolute Gasteiger partial charge is 0.138 e. The zero-order valence-corrected chi connectivity index (χ0v) is 11.0. The summed E-state index contributed by atoms with van der Waals surface area (Å²) in [5.41, 5.74) is 0.755. The van der Waals surface area contributed by atoms with Crippen molar-refractivity contribution < 1.29 is 14.6 Å². The van der Waals surface area contributed by atoms with Gasteiger partial charge in [-0.1, -0.05) is 11.8 Å². The van der Waals surface area contributed by atoms with Crippen molar-refractivity contribution in [2.45, 2.75) is 31.8 Å². The minimum atomic E-state index is -0.146. The Morgan fingerprint density at radius 3 is 3.21 bits per heavy atom. The maximum atomic E-state index is 8.64. The summed E-state index contributed by atoms with van der Waals surface area (Å²) in [6.45, 7) is 1.42. The Bertz CT molecular complexity index is 444. The van der Waals surface area contributed by atoms with Crippen LogP contribution in [0.25, 0.3) is 0 Å². The van der Waals surface area contributed by atoms with Gasteiger partial charge in [-0.2, -0.15) is 0 Å². The van der Waals surface area contributed by atoms with Gasteiger partial charge in [-0.25, -0.2) is 0 Å². The van der Waals surface area contributed by atoms with Gasteiger partial charge in [0.1, 0.15) is 12.4 Å². The molecule has 0 spiro atoms. The van der Waals surface area contributed by atoms with E-state index in [2.05, 4.69) is 16.8 Å². The van der Waals surface area contributed by atoms with Crippen LogP contribution >= 0.6 is 0 Å². The first-order valence-corrected chi connectivity index (χ1v) is 6.67. The van der Waals surface area contributed by atoms with Gasteiger partial charge < -0.3 is 14.6 Å². The van der Waals surface area contributed by atoms with Gasteiger partial charge in [0.15, 0.2) is 0 Å². The Morgan fingerprint density at radius 2 is 2.42 bits per heavy atom. The molecular formula is C15H19NO3. The molecule has 19 heavy (non-hydrogen) atoms. The van der Waals surface area contributed by atoms with Gasteiger partial charge in [0.05, 0.1) is 18.9 Å². The molecule has 2 heterocycles. The normalized spacial score (nSPS) is 17.8. The molecule has 1 saturated heterocycles. The van der Waals surface area contributed by atoms with Crippen molar-refractivity contribution in [1.82, 2.24) is 4.98 Å². The fourth-order valence-corrected chi connectivity index (χ4v) is 2.08. The summed E-state index contributed by atoms with van der Waals surface area (Å²) in [5.74, 6) is 6.12. The topological polar surface area (TPSA) is 51.6 Å². The average Bonchev–Trinajstić information content (AvgIpc) is 2.95. The van der Waals surface area contributed by atoms with Crippen LogP contribution in [0.4, 0.5) is 0 Å². The van der Waals surface area contributed by atoms with E-state index in [-0.39, 0.29) is 6.61 Å². The predicted octanol–water partition coefficient (Wildman–Crippen LogP) is 1.76. The van der Waals surface area contributed by atoms with E-state index in [9.17, 15) is 0 Å². The van der Waals surface area contributed by atoms with Gasteiger partial charge in [-0.05, 0) is 31.7 Å². The molecule has 0 bridgehead atoms. The van der Waals surface area contributed by atoms with E-state index >= 15 is 0 Å². The van der Waals surface area contributed by atoms with Crippen LogP contribution in [0.5, 0.6) is 5.75 Å². The Hall–Kier alpha value is -1.57. The van der Waals surface area contributed by atoms with Crippen molar-refractivity contribution >= 4 is 0 Å². The maximum absolute atomic E-state index is 8.64. The molecule has 1 fully saturated rings.